The molecule has 5 heterocycles. The standard InChI is InChI=1S/C48H47FN8O4/c1-29(43(55-48(59)60-3)30-12-6-4-7-13-30)56-22-10-16-39(56)45-51-28-38(54-45)33-18-20-35(36(49)25-33)42-26-34-24-32(19-21-41(34)61-42)37-27-52-46(53-37)40-17-11-23-57(40)47(58)44(50-2)31-14-8-5-9-15-31/h4-9,12-15,18-21,24-28,39-40,43-44,50H,1,10-11,16-17,22-23H2,2-3H3,(H,51,54)(H,52,53)(H,55,59)/t39-,40?,43-,44?/m0/s1. The van der Waals surface area contributed by atoms with Crippen LogP contribution in [0.3, 0.4) is 0 Å². The van der Waals surface area contributed by atoms with Gasteiger partial charge in [-0.15, -0.1) is 0 Å². The summed E-state index contributed by atoms with van der Waals surface area (Å²) < 4.78 is 27.1. The second kappa shape index (κ2) is 16.9. The lowest BCUT2D eigenvalue weighted by Crippen LogP contribution is -2.39. The Morgan fingerprint density at radius 2 is 1.39 bits per heavy atom. The highest BCUT2D eigenvalue weighted by Gasteiger charge is 2.36. The maximum atomic E-state index is 16.0. The summed E-state index contributed by atoms with van der Waals surface area (Å²) >= 11 is 0. The average Bonchev–Trinajstić information content (AvgIpc) is 4.15. The number of methoxy groups -OCH3 is 1. The Hall–Kier alpha value is -6.99. The number of hydrogen-bond donors (Lipinski definition) is 4. The van der Waals surface area contributed by atoms with Crippen molar-refractivity contribution in [2.24, 2.45) is 0 Å². The van der Waals surface area contributed by atoms with Crippen molar-refractivity contribution >= 4 is 23.0 Å². The summed E-state index contributed by atoms with van der Waals surface area (Å²) in [7, 11) is 3.15. The fourth-order valence-corrected chi connectivity index (χ4v) is 8.83. The molecule has 13 heteroatoms. The number of hydrogen-bond acceptors (Lipinski definition) is 8. The SMILES string of the molecule is C=C([C@H](NC(=O)OC)c1ccccc1)N1CCC[C@H]1c1ncc(-c2ccc(-c3cc4cc(-c5cnc(C6CCCN6C(=O)C(NC)c6ccccc6)[nH]5)ccc4o3)c(F)c2)[nH]1. The predicted molar refractivity (Wildman–Crippen MR) is 231 cm³/mol. The number of carbonyl (C=O) groups is 2. The molecular weight excluding hydrogens is 772 g/mol. The Bertz CT molecular complexity index is 2690. The number of aromatic nitrogens is 4. The maximum absolute atomic E-state index is 16.0. The molecule has 9 rings (SSSR count). The number of fused-ring (bicyclic) bond motifs is 1. The van der Waals surface area contributed by atoms with Crippen LogP contribution in [0.2, 0.25) is 0 Å². The van der Waals surface area contributed by atoms with Crippen molar-refractivity contribution in [2.75, 3.05) is 27.2 Å². The molecule has 2 amide bonds. The molecule has 2 aliphatic heterocycles. The van der Waals surface area contributed by atoms with Crippen molar-refractivity contribution in [2.45, 2.75) is 49.9 Å². The van der Waals surface area contributed by atoms with Gasteiger partial charge in [0.25, 0.3) is 0 Å². The lowest BCUT2D eigenvalue weighted by Gasteiger charge is -2.32. The second-order valence-corrected chi connectivity index (χ2v) is 15.6. The highest BCUT2D eigenvalue weighted by atomic mass is 19.1. The number of nitrogens with zero attached hydrogens (tertiary/aromatic N) is 4. The molecule has 310 valence electrons. The number of ether oxygens (including phenoxy) is 1. The molecule has 4 atom stereocenters. The summed E-state index contributed by atoms with van der Waals surface area (Å²) in [4.78, 5) is 46.5. The number of amides is 2. The predicted octanol–water partition coefficient (Wildman–Crippen LogP) is 9.39. The second-order valence-electron chi connectivity index (χ2n) is 15.6. The Kier molecular flexibility index (Phi) is 11.0. The zero-order valence-electron chi connectivity index (χ0n) is 34.0. The van der Waals surface area contributed by atoms with Crippen molar-refractivity contribution in [3.05, 3.63) is 156 Å². The Balaban J connectivity index is 0.901. The van der Waals surface area contributed by atoms with Gasteiger partial charge in [0.15, 0.2) is 0 Å². The van der Waals surface area contributed by atoms with Gasteiger partial charge in [-0.25, -0.2) is 19.2 Å². The van der Waals surface area contributed by atoms with Gasteiger partial charge in [-0.3, -0.25) is 4.79 Å². The first-order valence-corrected chi connectivity index (χ1v) is 20.6. The molecule has 12 nitrogen and oxygen atoms in total. The summed E-state index contributed by atoms with van der Waals surface area (Å²) in [6.07, 6.45) is 6.45. The van der Waals surface area contributed by atoms with Crippen LogP contribution in [0.1, 0.15) is 72.6 Å². The van der Waals surface area contributed by atoms with Crippen LogP contribution in [0, 0.1) is 5.82 Å². The van der Waals surface area contributed by atoms with E-state index in [1.165, 1.54) is 13.2 Å². The van der Waals surface area contributed by atoms with Gasteiger partial charge in [-0.1, -0.05) is 73.3 Å². The summed E-state index contributed by atoms with van der Waals surface area (Å²) in [6.45, 7) is 5.81. The van der Waals surface area contributed by atoms with Crippen LogP contribution in [-0.4, -0.2) is 69.0 Å². The van der Waals surface area contributed by atoms with Crippen LogP contribution >= 0.6 is 0 Å². The number of furan rings is 1. The van der Waals surface area contributed by atoms with E-state index in [1.54, 1.807) is 18.5 Å². The lowest BCUT2D eigenvalue weighted by molar-refractivity contribution is -0.134. The first-order chi connectivity index (χ1) is 29.8. The normalized spacial score (nSPS) is 17.4. The van der Waals surface area contributed by atoms with Gasteiger partial charge < -0.3 is 39.6 Å². The number of H-pyrrole nitrogens is 2. The fraction of sp³-hybridized carbons (Fsp3) is 0.250. The van der Waals surface area contributed by atoms with Crippen LogP contribution in [0.4, 0.5) is 9.18 Å². The molecule has 2 saturated heterocycles. The van der Waals surface area contributed by atoms with Gasteiger partial charge in [0.1, 0.15) is 34.9 Å². The molecule has 0 spiro atoms. The zero-order valence-corrected chi connectivity index (χ0v) is 34.0. The van der Waals surface area contributed by atoms with Crippen LogP contribution in [0.5, 0.6) is 0 Å². The maximum Gasteiger partial charge on any atom is 0.407 e. The number of nitrogens with one attached hydrogen (secondary N) is 4. The molecule has 2 unspecified atom stereocenters. The first-order valence-electron chi connectivity index (χ1n) is 20.6. The van der Waals surface area contributed by atoms with Gasteiger partial charge in [0, 0.05) is 35.3 Å². The summed E-state index contributed by atoms with van der Waals surface area (Å²) in [5, 5.41) is 6.95. The average molecular weight is 819 g/mol. The molecule has 0 saturated carbocycles. The molecule has 0 bridgehead atoms. The van der Waals surface area contributed by atoms with Crippen molar-refractivity contribution in [1.29, 1.82) is 0 Å². The third kappa shape index (κ3) is 7.80. The third-order valence-corrected chi connectivity index (χ3v) is 11.9. The Morgan fingerprint density at radius 1 is 0.803 bits per heavy atom. The number of halogens is 1. The minimum absolute atomic E-state index is 0.0269. The van der Waals surface area contributed by atoms with E-state index in [0.29, 0.717) is 34.7 Å². The molecule has 61 heavy (non-hydrogen) atoms. The number of aromatic amines is 2. The first kappa shape index (κ1) is 39.5. The van der Waals surface area contributed by atoms with E-state index in [4.69, 9.17) is 19.1 Å². The van der Waals surface area contributed by atoms with Crippen LogP contribution in [0.25, 0.3) is 44.8 Å². The quantitative estimate of drug-likeness (QED) is 0.0955. The molecule has 0 radical (unpaired) electrons. The highest BCUT2D eigenvalue weighted by Crippen LogP contribution is 2.39. The smallest absolute Gasteiger partial charge is 0.407 e. The summed E-state index contributed by atoms with van der Waals surface area (Å²) in [5.41, 5.74) is 6.57. The Morgan fingerprint density at radius 3 is 2.02 bits per heavy atom. The highest BCUT2D eigenvalue weighted by molar-refractivity contribution is 5.87. The topological polar surface area (TPSA) is 144 Å². The zero-order chi connectivity index (χ0) is 42.0. The van der Waals surface area contributed by atoms with E-state index in [9.17, 15) is 9.59 Å². The number of rotatable bonds is 12. The van der Waals surface area contributed by atoms with Gasteiger partial charge in [0.2, 0.25) is 5.91 Å². The van der Waals surface area contributed by atoms with Crippen LogP contribution in [0.15, 0.2) is 132 Å². The van der Waals surface area contributed by atoms with Crippen molar-refractivity contribution < 1.29 is 23.1 Å². The number of likely N-dealkylation sites (N-methyl/N-ethyl adjacent to an activating group) is 1. The van der Waals surface area contributed by atoms with Crippen molar-refractivity contribution in [3.8, 4) is 33.8 Å². The van der Waals surface area contributed by atoms with Gasteiger partial charge in [-0.05, 0) is 80.3 Å². The number of imidazole rings is 2. The molecule has 3 aromatic heterocycles. The Labute approximate surface area is 352 Å². The molecular formula is C48H47FN8O4. The monoisotopic (exact) mass is 818 g/mol. The molecule has 0 aliphatic carbocycles. The fourth-order valence-electron chi connectivity index (χ4n) is 8.83. The van der Waals surface area contributed by atoms with Crippen LogP contribution in [-0.2, 0) is 9.53 Å². The molecule has 2 fully saturated rings. The third-order valence-electron chi connectivity index (χ3n) is 11.9. The van der Waals surface area contributed by atoms with Gasteiger partial charge in [0.05, 0.1) is 54.6 Å². The lowest BCUT2D eigenvalue weighted by atomic mass is 10.0. The number of likely N-dealkylation sites (tertiary alicyclic amines) is 2. The molecule has 4 aromatic carbocycles. The van der Waals surface area contributed by atoms with E-state index in [1.807, 2.05) is 103 Å². The molecule has 2 aliphatic rings. The number of carbonyl (C=O) groups excluding carboxylic acids is 2. The van der Waals surface area contributed by atoms with Gasteiger partial charge >= 0.3 is 6.09 Å². The van der Waals surface area contributed by atoms with E-state index in [0.717, 1.165) is 77.3 Å². The largest absolute Gasteiger partial charge is 0.456 e. The number of benzene rings is 4. The van der Waals surface area contributed by atoms with Crippen molar-refractivity contribution in [3.63, 3.8) is 0 Å². The number of alkyl carbamates (subject to hydrolysis) is 1. The van der Waals surface area contributed by atoms with Crippen molar-refractivity contribution in [1.82, 2.24) is 40.4 Å². The van der Waals surface area contributed by atoms with Crippen LogP contribution < -0.4 is 10.6 Å². The minimum Gasteiger partial charge on any atom is -0.456 e. The van der Waals surface area contributed by atoms with Gasteiger partial charge in [-0.2, -0.15) is 0 Å². The van der Waals surface area contributed by atoms with E-state index >= 15 is 4.39 Å². The molecule has 4 N–H and O–H groups in total. The summed E-state index contributed by atoms with van der Waals surface area (Å²) in [5.74, 6) is 1.50. The minimum atomic E-state index is -0.544. The molecule has 7 aromatic rings. The van der Waals surface area contributed by atoms with E-state index < -0.39 is 24.0 Å². The van der Waals surface area contributed by atoms with E-state index in [-0.39, 0.29) is 18.0 Å². The summed E-state index contributed by atoms with van der Waals surface area (Å²) in [6, 6.07) is 31.0. The van der Waals surface area contributed by atoms with E-state index in [2.05, 4.69) is 32.1 Å².